The van der Waals surface area contributed by atoms with Crippen molar-refractivity contribution in [3.05, 3.63) is 12.2 Å². The quantitative estimate of drug-likeness (QED) is 0.858. The zero-order valence-electron chi connectivity index (χ0n) is 12.3. The Bertz CT molecular complexity index is 504. The molecule has 2 aliphatic rings. The number of aryl methyl sites for hydroxylation is 1. The van der Waals surface area contributed by atoms with Gasteiger partial charge in [-0.1, -0.05) is 25.7 Å². The molecule has 6 nitrogen and oxygen atoms in total. The zero-order valence-corrected chi connectivity index (χ0v) is 12.3. The van der Waals surface area contributed by atoms with E-state index in [0.717, 1.165) is 37.9 Å². The van der Waals surface area contributed by atoms with Crippen LogP contribution < -0.4 is 0 Å². The maximum atomic E-state index is 12.7. The summed E-state index contributed by atoms with van der Waals surface area (Å²) in [7, 11) is 0. The highest BCUT2D eigenvalue weighted by atomic mass is 16.2. The fourth-order valence-electron chi connectivity index (χ4n) is 3.64. The average molecular weight is 290 g/mol. The summed E-state index contributed by atoms with van der Waals surface area (Å²) in [5.41, 5.74) is -0.375. The van der Waals surface area contributed by atoms with Crippen LogP contribution in [-0.4, -0.2) is 38.4 Å². The number of amides is 2. The smallest absolute Gasteiger partial charge is 0.235 e. The number of likely N-dealkylation sites (tertiary alicyclic amines) is 1. The fraction of sp³-hybridized carbons (Fsp3) is 0.733. The van der Waals surface area contributed by atoms with Crippen LogP contribution in [0, 0.1) is 5.41 Å². The molecule has 0 unspecified atom stereocenters. The molecule has 114 valence electrons. The van der Waals surface area contributed by atoms with Crippen molar-refractivity contribution in [3.8, 4) is 0 Å². The molecule has 1 spiro atoms. The lowest BCUT2D eigenvalue weighted by molar-refractivity contribution is -0.141. The van der Waals surface area contributed by atoms with E-state index in [1.165, 1.54) is 24.1 Å². The third kappa shape index (κ3) is 2.84. The van der Waals surface area contributed by atoms with Gasteiger partial charge in [0.05, 0.1) is 5.41 Å². The van der Waals surface area contributed by atoms with Crippen LogP contribution in [0.5, 0.6) is 0 Å². The Hall–Kier alpha value is -1.72. The topological polar surface area (TPSA) is 79.0 Å². The first-order valence-corrected chi connectivity index (χ1v) is 7.90. The number of nitrogens with zero attached hydrogens (tertiary/aromatic N) is 3. The number of aromatic amines is 1. The highest BCUT2D eigenvalue weighted by molar-refractivity contribution is 6.05. The molecule has 2 heterocycles. The van der Waals surface area contributed by atoms with Crippen molar-refractivity contribution in [2.24, 2.45) is 5.41 Å². The highest BCUT2D eigenvalue weighted by Crippen LogP contribution is 2.44. The highest BCUT2D eigenvalue weighted by Gasteiger charge is 2.50. The number of carbonyl (C=O) groups excluding carboxylic acids is 2. The molecule has 1 aliphatic heterocycles. The van der Waals surface area contributed by atoms with Crippen molar-refractivity contribution in [2.45, 2.75) is 57.8 Å². The molecule has 0 radical (unpaired) electrons. The summed E-state index contributed by atoms with van der Waals surface area (Å²) < 4.78 is 0. The van der Waals surface area contributed by atoms with Gasteiger partial charge in [-0.2, -0.15) is 5.10 Å². The zero-order chi connectivity index (χ0) is 14.7. The Morgan fingerprint density at radius 1 is 1.19 bits per heavy atom. The molecule has 1 aromatic rings. The van der Waals surface area contributed by atoms with E-state index >= 15 is 0 Å². The van der Waals surface area contributed by atoms with Crippen molar-refractivity contribution in [3.63, 3.8) is 0 Å². The number of H-pyrrole nitrogens is 1. The summed E-state index contributed by atoms with van der Waals surface area (Å²) in [5.74, 6) is 0.893. The van der Waals surface area contributed by atoms with Crippen LogP contribution >= 0.6 is 0 Å². The number of carbonyl (C=O) groups is 2. The second-order valence-corrected chi connectivity index (χ2v) is 6.26. The fourth-order valence-corrected chi connectivity index (χ4v) is 3.64. The minimum absolute atomic E-state index is 0.0134. The van der Waals surface area contributed by atoms with Crippen molar-refractivity contribution >= 4 is 11.8 Å². The lowest BCUT2D eigenvalue weighted by Crippen LogP contribution is -2.36. The summed E-state index contributed by atoms with van der Waals surface area (Å²) >= 11 is 0. The molecule has 0 aromatic carbocycles. The number of rotatable bonds is 4. The minimum Gasteiger partial charge on any atom is -0.282 e. The Balaban J connectivity index is 1.60. The maximum absolute atomic E-state index is 12.7. The molecular weight excluding hydrogens is 268 g/mol. The lowest BCUT2D eigenvalue weighted by atomic mass is 9.79. The van der Waals surface area contributed by atoms with Crippen molar-refractivity contribution in [2.75, 3.05) is 6.54 Å². The van der Waals surface area contributed by atoms with Crippen molar-refractivity contribution in [1.29, 1.82) is 0 Å². The van der Waals surface area contributed by atoms with E-state index in [1.54, 1.807) is 0 Å². The second-order valence-electron chi connectivity index (χ2n) is 6.26. The first-order chi connectivity index (χ1) is 10.2. The van der Waals surface area contributed by atoms with Gasteiger partial charge in [0.15, 0.2) is 0 Å². The molecular formula is C15H22N4O2. The predicted molar refractivity (Wildman–Crippen MR) is 76.2 cm³/mol. The van der Waals surface area contributed by atoms with Gasteiger partial charge in [0.2, 0.25) is 11.8 Å². The van der Waals surface area contributed by atoms with E-state index in [4.69, 9.17) is 0 Å². The Morgan fingerprint density at radius 3 is 2.62 bits per heavy atom. The standard InChI is InChI=1S/C15H22N4O2/c20-13-10-15(7-3-1-2-4-8-15)14(21)19(13)9-5-6-12-16-11-17-18-12/h11H,1-10H2,(H,16,17,18). The first kappa shape index (κ1) is 14.2. The number of imide groups is 1. The number of nitrogens with one attached hydrogen (secondary N) is 1. The van der Waals surface area contributed by atoms with Gasteiger partial charge in [-0.05, 0) is 19.3 Å². The van der Waals surface area contributed by atoms with Crippen LogP contribution in [-0.2, 0) is 16.0 Å². The van der Waals surface area contributed by atoms with Crippen LogP contribution in [0.1, 0.15) is 57.2 Å². The van der Waals surface area contributed by atoms with Gasteiger partial charge in [-0.3, -0.25) is 19.6 Å². The van der Waals surface area contributed by atoms with E-state index in [1.807, 2.05) is 0 Å². The first-order valence-electron chi connectivity index (χ1n) is 7.90. The normalized spacial score (nSPS) is 22.0. The summed E-state index contributed by atoms with van der Waals surface area (Å²) in [4.78, 5) is 30.5. The van der Waals surface area contributed by atoms with E-state index < -0.39 is 0 Å². The predicted octanol–water partition coefficient (Wildman–Crippen LogP) is 1.84. The van der Waals surface area contributed by atoms with Gasteiger partial charge in [-0.25, -0.2) is 4.98 Å². The monoisotopic (exact) mass is 290 g/mol. The van der Waals surface area contributed by atoms with Crippen LogP contribution in [0.25, 0.3) is 0 Å². The number of aromatic nitrogens is 3. The van der Waals surface area contributed by atoms with Crippen LogP contribution in [0.15, 0.2) is 6.33 Å². The summed E-state index contributed by atoms with van der Waals surface area (Å²) in [6, 6.07) is 0. The van der Waals surface area contributed by atoms with Gasteiger partial charge in [0, 0.05) is 19.4 Å². The summed E-state index contributed by atoms with van der Waals surface area (Å²) in [6.45, 7) is 0.500. The Kier molecular flexibility index (Phi) is 4.03. The molecule has 1 N–H and O–H groups in total. The van der Waals surface area contributed by atoms with Gasteiger partial charge in [0.1, 0.15) is 12.2 Å². The van der Waals surface area contributed by atoms with Crippen LogP contribution in [0.4, 0.5) is 0 Å². The van der Waals surface area contributed by atoms with Crippen LogP contribution in [0.2, 0.25) is 0 Å². The van der Waals surface area contributed by atoms with Gasteiger partial charge < -0.3 is 0 Å². The van der Waals surface area contributed by atoms with Crippen LogP contribution in [0.3, 0.4) is 0 Å². The third-order valence-corrected chi connectivity index (χ3v) is 4.81. The molecule has 1 saturated carbocycles. The van der Waals surface area contributed by atoms with Gasteiger partial charge in [-0.15, -0.1) is 0 Å². The second kappa shape index (κ2) is 5.95. The van der Waals surface area contributed by atoms with E-state index in [9.17, 15) is 9.59 Å². The maximum Gasteiger partial charge on any atom is 0.235 e. The molecule has 21 heavy (non-hydrogen) atoms. The molecule has 1 aliphatic carbocycles. The summed E-state index contributed by atoms with van der Waals surface area (Å²) in [5, 5.41) is 6.60. The third-order valence-electron chi connectivity index (χ3n) is 4.81. The van der Waals surface area contributed by atoms with E-state index in [2.05, 4.69) is 15.2 Å². The van der Waals surface area contributed by atoms with Gasteiger partial charge >= 0.3 is 0 Å². The molecule has 3 rings (SSSR count). The van der Waals surface area contributed by atoms with Crippen molar-refractivity contribution in [1.82, 2.24) is 20.1 Å². The lowest BCUT2D eigenvalue weighted by Gasteiger charge is -2.24. The number of hydrogen-bond donors (Lipinski definition) is 1. The molecule has 0 bridgehead atoms. The average Bonchev–Trinajstić information content (AvgIpc) is 2.97. The molecule has 0 atom stereocenters. The summed E-state index contributed by atoms with van der Waals surface area (Å²) in [6.07, 6.45) is 9.65. The molecule has 2 amide bonds. The van der Waals surface area contributed by atoms with E-state index in [-0.39, 0.29) is 17.2 Å². The molecule has 6 heteroatoms. The molecule has 1 saturated heterocycles. The van der Waals surface area contributed by atoms with Crippen molar-refractivity contribution < 1.29 is 9.59 Å². The largest absolute Gasteiger partial charge is 0.282 e. The molecule has 1 aromatic heterocycles. The molecule has 2 fully saturated rings. The Morgan fingerprint density at radius 2 is 1.95 bits per heavy atom. The van der Waals surface area contributed by atoms with Gasteiger partial charge in [0.25, 0.3) is 0 Å². The Labute approximate surface area is 124 Å². The van der Waals surface area contributed by atoms with E-state index in [0.29, 0.717) is 19.4 Å². The SMILES string of the molecule is O=C1CC2(CCCCCC2)C(=O)N1CCCc1ncn[nH]1. The number of hydrogen-bond acceptors (Lipinski definition) is 4. The minimum atomic E-state index is -0.375.